The zero-order valence-electron chi connectivity index (χ0n) is 17.0. The molecule has 2 fully saturated rings. The molecule has 3 atom stereocenters. The summed E-state index contributed by atoms with van der Waals surface area (Å²) in [6.45, 7) is 4.15. The van der Waals surface area contributed by atoms with Crippen molar-refractivity contribution in [3.05, 3.63) is 29.8 Å². The Morgan fingerprint density at radius 2 is 2.11 bits per heavy atom. The molecule has 0 saturated heterocycles. The minimum Gasteiger partial charge on any atom is -0.465 e. The van der Waals surface area contributed by atoms with Gasteiger partial charge in [0.15, 0.2) is 0 Å². The van der Waals surface area contributed by atoms with Crippen molar-refractivity contribution < 1.29 is 18.7 Å². The summed E-state index contributed by atoms with van der Waals surface area (Å²) in [7, 11) is 1.34. The number of carbonyl (C=O) groups is 2. The zero-order chi connectivity index (χ0) is 20.4. The number of methoxy groups -OCH3 is 1. The average molecular weight is 390 g/mol. The molecular formula is C22H31FN2O3. The molecule has 1 unspecified atom stereocenters. The number of hydrogen-bond donors (Lipinski definition) is 2. The van der Waals surface area contributed by atoms with Crippen LogP contribution in [0.4, 0.5) is 10.1 Å². The summed E-state index contributed by atoms with van der Waals surface area (Å²) in [5, 5.41) is 6.16. The minimum atomic E-state index is -0.955. The fraction of sp³-hybridized carbons (Fsp3) is 0.636. The molecule has 2 aliphatic carbocycles. The number of amides is 1. The molecule has 28 heavy (non-hydrogen) atoms. The van der Waals surface area contributed by atoms with E-state index in [-0.39, 0.29) is 5.91 Å². The molecule has 5 nitrogen and oxygen atoms in total. The Labute approximate surface area is 166 Å². The molecule has 0 spiro atoms. The van der Waals surface area contributed by atoms with Crippen LogP contribution in [0.3, 0.4) is 0 Å². The molecule has 2 bridgehead atoms. The van der Waals surface area contributed by atoms with Crippen molar-refractivity contribution in [2.75, 3.05) is 19.0 Å². The number of benzene rings is 1. The Balaban J connectivity index is 1.50. The highest BCUT2D eigenvalue weighted by Gasteiger charge is 2.45. The summed E-state index contributed by atoms with van der Waals surface area (Å²) in [5.41, 5.74) is -0.702. The van der Waals surface area contributed by atoms with E-state index in [9.17, 15) is 14.0 Å². The third-order valence-electron chi connectivity index (χ3n) is 6.12. The molecule has 6 heteroatoms. The van der Waals surface area contributed by atoms with E-state index in [1.165, 1.54) is 7.11 Å². The van der Waals surface area contributed by atoms with Gasteiger partial charge in [0.1, 0.15) is 11.2 Å². The third kappa shape index (κ3) is 4.83. The molecule has 0 aromatic heterocycles. The van der Waals surface area contributed by atoms with E-state index in [2.05, 4.69) is 10.6 Å². The smallest absolute Gasteiger partial charge is 0.337 e. The van der Waals surface area contributed by atoms with E-state index in [0.29, 0.717) is 42.5 Å². The number of rotatable bonds is 7. The van der Waals surface area contributed by atoms with Gasteiger partial charge in [-0.25, -0.2) is 9.18 Å². The van der Waals surface area contributed by atoms with Gasteiger partial charge >= 0.3 is 5.97 Å². The normalized spacial score (nSPS) is 26.6. The summed E-state index contributed by atoms with van der Waals surface area (Å²) < 4.78 is 19.3. The van der Waals surface area contributed by atoms with Gasteiger partial charge in [-0.3, -0.25) is 4.79 Å². The molecule has 0 aliphatic heterocycles. The second-order valence-corrected chi connectivity index (χ2v) is 8.93. The summed E-state index contributed by atoms with van der Waals surface area (Å²) >= 11 is 0. The number of alkyl halides is 1. The first kappa shape index (κ1) is 20.6. The predicted molar refractivity (Wildman–Crippen MR) is 107 cm³/mol. The second-order valence-electron chi connectivity index (χ2n) is 8.93. The van der Waals surface area contributed by atoms with Gasteiger partial charge in [0.05, 0.1) is 12.7 Å². The third-order valence-corrected chi connectivity index (χ3v) is 6.12. The molecule has 2 aliphatic rings. The van der Waals surface area contributed by atoms with E-state index in [4.69, 9.17) is 4.74 Å². The van der Waals surface area contributed by atoms with Crippen molar-refractivity contribution in [2.24, 2.45) is 11.8 Å². The van der Waals surface area contributed by atoms with Crippen molar-refractivity contribution in [1.82, 2.24) is 5.32 Å². The molecule has 1 aromatic rings. The number of carbonyl (C=O) groups excluding carboxylic acids is 2. The minimum absolute atomic E-state index is 0.121. The Morgan fingerprint density at radius 1 is 1.32 bits per heavy atom. The van der Waals surface area contributed by atoms with Crippen LogP contribution in [0, 0.1) is 11.8 Å². The fourth-order valence-corrected chi connectivity index (χ4v) is 4.73. The first-order chi connectivity index (χ1) is 13.2. The highest BCUT2D eigenvalue weighted by Crippen LogP contribution is 2.50. The van der Waals surface area contributed by atoms with E-state index in [0.717, 1.165) is 25.7 Å². The molecule has 0 radical (unpaired) electrons. The lowest BCUT2D eigenvalue weighted by Gasteiger charge is -2.32. The van der Waals surface area contributed by atoms with Gasteiger partial charge in [0.2, 0.25) is 5.91 Å². The Hall–Kier alpha value is -2.11. The first-order valence-electron chi connectivity index (χ1n) is 10.1. The molecule has 1 aromatic carbocycles. The standard InChI is InChI=1S/C22H31FN2O3/c1-21(2,25-18-6-4-5-17(12-18)19(26)28-3)20(27)24-10-8-16-11-15-7-9-22(23,13-15)14-16/h4-6,12,15-16,25H,7-11,13-14H2,1-3H3,(H,24,27)/t15-,16?,22-/m0/s1. The van der Waals surface area contributed by atoms with Crippen LogP contribution in [0.2, 0.25) is 0 Å². The van der Waals surface area contributed by atoms with Crippen LogP contribution >= 0.6 is 0 Å². The molecule has 1 amide bonds. The quantitative estimate of drug-likeness (QED) is 0.688. The topological polar surface area (TPSA) is 67.4 Å². The summed E-state index contributed by atoms with van der Waals surface area (Å²) in [6.07, 6.45) is 5.01. The van der Waals surface area contributed by atoms with Crippen LogP contribution in [0.25, 0.3) is 0 Å². The van der Waals surface area contributed by atoms with Crippen molar-refractivity contribution >= 4 is 17.6 Å². The van der Waals surface area contributed by atoms with Crippen molar-refractivity contribution in [3.8, 4) is 0 Å². The highest BCUT2D eigenvalue weighted by molar-refractivity contribution is 5.92. The zero-order valence-corrected chi connectivity index (χ0v) is 17.0. The van der Waals surface area contributed by atoms with Crippen LogP contribution in [-0.4, -0.2) is 36.7 Å². The Kier molecular flexibility index (Phi) is 5.96. The van der Waals surface area contributed by atoms with E-state index in [1.807, 2.05) is 0 Å². The van der Waals surface area contributed by atoms with Crippen molar-refractivity contribution in [1.29, 1.82) is 0 Å². The number of esters is 1. The number of hydrogen-bond acceptors (Lipinski definition) is 4. The lowest BCUT2D eigenvalue weighted by molar-refractivity contribution is -0.124. The van der Waals surface area contributed by atoms with Gasteiger partial charge in [-0.15, -0.1) is 0 Å². The van der Waals surface area contributed by atoms with Gasteiger partial charge in [-0.2, -0.15) is 0 Å². The number of halogens is 1. The molecular weight excluding hydrogens is 359 g/mol. The second kappa shape index (κ2) is 8.10. The molecule has 2 N–H and O–H groups in total. The summed E-state index contributed by atoms with van der Waals surface area (Å²) in [6, 6.07) is 6.88. The number of anilines is 1. The van der Waals surface area contributed by atoms with E-state index >= 15 is 0 Å². The van der Waals surface area contributed by atoms with Gasteiger partial charge < -0.3 is 15.4 Å². The van der Waals surface area contributed by atoms with E-state index < -0.39 is 17.2 Å². The van der Waals surface area contributed by atoms with Crippen molar-refractivity contribution in [2.45, 2.75) is 63.6 Å². The first-order valence-corrected chi connectivity index (χ1v) is 10.1. The molecule has 154 valence electrons. The molecule has 0 heterocycles. The van der Waals surface area contributed by atoms with Gasteiger partial charge in [-0.05, 0) is 82.4 Å². The van der Waals surface area contributed by atoms with Crippen LogP contribution in [0.15, 0.2) is 24.3 Å². The fourth-order valence-electron chi connectivity index (χ4n) is 4.73. The van der Waals surface area contributed by atoms with Gasteiger partial charge in [0.25, 0.3) is 0 Å². The van der Waals surface area contributed by atoms with Crippen LogP contribution in [0.1, 0.15) is 62.7 Å². The van der Waals surface area contributed by atoms with Crippen molar-refractivity contribution in [3.63, 3.8) is 0 Å². The lowest BCUT2D eigenvalue weighted by atomic mass is 9.78. The maximum absolute atomic E-state index is 14.6. The van der Waals surface area contributed by atoms with Gasteiger partial charge in [-0.1, -0.05) is 6.07 Å². The molecule has 3 rings (SSSR count). The SMILES string of the molecule is COC(=O)c1cccc(NC(C)(C)C(=O)NCCC2C[C@@H]3CC[C@@](F)(C2)C3)c1. The monoisotopic (exact) mass is 390 g/mol. The number of nitrogens with one attached hydrogen (secondary N) is 2. The predicted octanol–water partition coefficient (Wildman–Crippen LogP) is 4.09. The maximum Gasteiger partial charge on any atom is 0.337 e. The number of ether oxygens (including phenoxy) is 1. The van der Waals surface area contributed by atoms with Crippen LogP contribution < -0.4 is 10.6 Å². The summed E-state index contributed by atoms with van der Waals surface area (Å²) in [4.78, 5) is 24.3. The lowest BCUT2D eigenvalue weighted by Crippen LogP contribution is -2.48. The molecule has 2 saturated carbocycles. The highest BCUT2D eigenvalue weighted by atomic mass is 19.1. The maximum atomic E-state index is 14.6. The van der Waals surface area contributed by atoms with Gasteiger partial charge in [0, 0.05) is 12.2 Å². The average Bonchev–Trinajstić information content (AvgIpc) is 2.93. The largest absolute Gasteiger partial charge is 0.465 e. The summed E-state index contributed by atoms with van der Waals surface area (Å²) in [5.74, 6) is 0.349. The van der Waals surface area contributed by atoms with Crippen LogP contribution in [-0.2, 0) is 9.53 Å². The van der Waals surface area contributed by atoms with E-state index in [1.54, 1.807) is 38.1 Å². The number of fused-ring (bicyclic) bond motifs is 2. The Morgan fingerprint density at radius 3 is 2.82 bits per heavy atom. The Bertz CT molecular complexity index is 736. The van der Waals surface area contributed by atoms with Crippen LogP contribution in [0.5, 0.6) is 0 Å².